The lowest BCUT2D eigenvalue weighted by atomic mass is 9.99. The maximum atomic E-state index is 12.0. The van der Waals surface area contributed by atoms with E-state index in [1.165, 1.54) is 19.3 Å². The number of halogens is 1. The lowest BCUT2D eigenvalue weighted by molar-refractivity contribution is -0.127. The van der Waals surface area contributed by atoms with Crippen molar-refractivity contribution < 1.29 is 9.53 Å². The second-order valence-electron chi connectivity index (χ2n) is 8.93. The Morgan fingerprint density at radius 3 is 2.45 bits per heavy atom. The van der Waals surface area contributed by atoms with Gasteiger partial charge < -0.3 is 25.2 Å². The summed E-state index contributed by atoms with van der Waals surface area (Å²) in [5.41, 5.74) is 0. The van der Waals surface area contributed by atoms with Crippen molar-refractivity contribution in [2.75, 3.05) is 53.4 Å². The van der Waals surface area contributed by atoms with Crippen molar-refractivity contribution in [3.8, 4) is 0 Å². The Balaban J connectivity index is 0.00000900. The van der Waals surface area contributed by atoms with Crippen LogP contribution in [0, 0.1) is 5.92 Å². The summed E-state index contributed by atoms with van der Waals surface area (Å²) < 4.78 is 5.68. The van der Waals surface area contributed by atoms with Crippen LogP contribution in [0.5, 0.6) is 0 Å². The topological polar surface area (TPSA) is 69.2 Å². The highest BCUT2D eigenvalue weighted by Crippen LogP contribution is 2.12. The second-order valence-corrected chi connectivity index (χ2v) is 8.93. The van der Waals surface area contributed by atoms with Gasteiger partial charge in [-0.3, -0.25) is 4.79 Å². The van der Waals surface area contributed by atoms with Crippen molar-refractivity contribution in [1.82, 2.24) is 20.4 Å². The highest BCUT2D eigenvalue weighted by Gasteiger charge is 2.20. The molecule has 0 bridgehead atoms. The summed E-state index contributed by atoms with van der Waals surface area (Å²) >= 11 is 0. The lowest BCUT2D eigenvalue weighted by Crippen LogP contribution is -2.50. The number of likely N-dealkylation sites (tertiary alicyclic amines) is 1. The second kappa shape index (κ2) is 17.9. The van der Waals surface area contributed by atoms with Gasteiger partial charge in [-0.25, -0.2) is 4.99 Å². The predicted octanol–water partition coefficient (Wildman–Crippen LogP) is 3.33. The van der Waals surface area contributed by atoms with Crippen LogP contribution in [0.3, 0.4) is 0 Å². The molecule has 7 nitrogen and oxygen atoms in total. The van der Waals surface area contributed by atoms with Gasteiger partial charge in [0.05, 0.1) is 12.7 Å². The molecule has 1 amide bonds. The van der Waals surface area contributed by atoms with Crippen molar-refractivity contribution in [2.45, 2.75) is 78.4 Å². The maximum absolute atomic E-state index is 12.0. The first kappa shape index (κ1) is 30.4. The fourth-order valence-electron chi connectivity index (χ4n) is 3.54. The van der Waals surface area contributed by atoms with E-state index in [1.807, 2.05) is 0 Å². The molecule has 31 heavy (non-hydrogen) atoms. The van der Waals surface area contributed by atoms with Gasteiger partial charge in [0, 0.05) is 46.3 Å². The monoisotopic (exact) mass is 553 g/mol. The molecule has 1 aliphatic heterocycles. The summed E-state index contributed by atoms with van der Waals surface area (Å²) in [6.45, 7) is 13.7. The molecule has 2 N–H and O–H groups in total. The van der Waals surface area contributed by atoms with E-state index < -0.39 is 0 Å². The largest absolute Gasteiger partial charge is 0.377 e. The Morgan fingerprint density at radius 2 is 1.90 bits per heavy atom. The van der Waals surface area contributed by atoms with Crippen LogP contribution in [-0.2, 0) is 9.53 Å². The maximum Gasteiger partial charge on any atom is 0.243 e. The van der Waals surface area contributed by atoms with E-state index in [4.69, 9.17) is 4.74 Å². The third kappa shape index (κ3) is 14.2. The molecule has 0 aromatic rings. The number of nitrogens with zero attached hydrogens (tertiary/aromatic N) is 3. The minimum absolute atomic E-state index is 0. The molecule has 0 aromatic carbocycles. The number of amides is 1. The number of aliphatic imine (C=N–C) groups is 1. The van der Waals surface area contributed by atoms with E-state index in [0.29, 0.717) is 18.1 Å². The zero-order valence-electron chi connectivity index (χ0n) is 20.8. The molecule has 1 atom stereocenters. The first-order valence-electron chi connectivity index (χ1n) is 11.9. The van der Waals surface area contributed by atoms with Gasteiger partial charge in [0.1, 0.15) is 6.54 Å². The Hall–Kier alpha value is -0.610. The van der Waals surface area contributed by atoms with E-state index in [0.717, 1.165) is 58.0 Å². The first-order valence-corrected chi connectivity index (χ1v) is 11.9. The van der Waals surface area contributed by atoms with Gasteiger partial charge in [0.2, 0.25) is 5.91 Å². The number of hydrogen-bond acceptors (Lipinski definition) is 4. The van der Waals surface area contributed by atoms with E-state index in [1.54, 1.807) is 19.0 Å². The van der Waals surface area contributed by atoms with E-state index in [9.17, 15) is 4.79 Å². The summed E-state index contributed by atoms with van der Waals surface area (Å²) in [4.78, 5) is 20.7. The number of rotatable bonds is 13. The molecule has 0 aromatic heterocycles. The molecule has 1 heterocycles. The van der Waals surface area contributed by atoms with Crippen LogP contribution in [0.1, 0.15) is 66.2 Å². The third-order valence-corrected chi connectivity index (χ3v) is 5.76. The van der Waals surface area contributed by atoms with Gasteiger partial charge in [-0.05, 0) is 39.0 Å². The molecule has 0 saturated carbocycles. The molecular weight excluding hydrogens is 505 g/mol. The number of hydrogen-bond donors (Lipinski definition) is 2. The number of likely N-dealkylation sites (N-methyl/N-ethyl adjacent to an activating group) is 1. The van der Waals surface area contributed by atoms with Crippen molar-refractivity contribution in [3.63, 3.8) is 0 Å². The van der Waals surface area contributed by atoms with Gasteiger partial charge in [0.25, 0.3) is 0 Å². The van der Waals surface area contributed by atoms with Crippen LogP contribution in [0.25, 0.3) is 0 Å². The Bertz CT molecular complexity index is 494. The molecular formula is C23H48IN5O2. The van der Waals surface area contributed by atoms with Crippen molar-refractivity contribution in [2.24, 2.45) is 10.9 Å². The minimum Gasteiger partial charge on any atom is -0.377 e. The zero-order valence-corrected chi connectivity index (χ0v) is 23.1. The molecule has 0 radical (unpaired) electrons. The highest BCUT2D eigenvalue weighted by atomic mass is 127. The van der Waals surface area contributed by atoms with Crippen molar-refractivity contribution in [1.29, 1.82) is 0 Å². The number of ether oxygens (including phenoxy) is 1. The Morgan fingerprint density at radius 1 is 1.23 bits per heavy atom. The minimum atomic E-state index is 0. The van der Waals surface area contributed by atoms with Gasteiger partial charge in [-0.2, -0.15) is 0 Å². The molecule has 0 aliphatic carbocycles. The van der Waals surface area contributed by atoms with Crippen LogP contribution >= 0.6 is 24.0 Å². The number of carbonyl (C=O) groups is 1. The molecule has 1 fully saturated rings. The van der Waals surface area contributed by atoms with Crippen LogP contribution in [0.4, 0.5) is 0 Å². The number of nitrogens with one attached hydrogen (secondary N) is 2. The summed E-state index contributed by atoms with van der Waals surface area (Å²) in [5.74, 6) is 1.44. The van der Waals surface area contributed by atoms with E-state index >= 15 is 0 Å². The molecule has 1 rings (SSSR count). The van der Waals surface area contributed by atoms with Crippen molar-refractivity contribution in [3.05, 3.63) is 0 Å². The van der Waals surface area contributed by atoms with Gasteiger partial charge >= 0.3 is 0 Å². The SMILES string of the molecule is CCCCC(CC)CNC(=NCC(=O)N(C)C)NC1CCN(CCOC(C)C)CC1.I. The Labute approximate surface area is 208 Å². The number of carbonyl (C=O) groups excluding carboxylic acids is 1. The molecule has 1 saturated heterocycles. The van der Waals surface area contributed by atoms with Crippen LogP contribution in [0.15, 0.2) is 4.99 Å². The van der Waals surface area contributed by atoms with Crippen LogP contribution in [0.2, 0.25) is 0 Å². The van der Waals surface area contributed by atoms with Crippen LogP contribution < -0.4 is 10.6 Å². The normalized spacial score (nSPS) is 16.7. The third-order valence-electron chi connectivity index (χ3n) is 5.76. The predicted molar refractivity (Wildman–Crippen MR) is 141 cm³/mol. The smallest absolute Gasteiger partial charge is 0.243 e. The van der Waals surface area contributed by atoms with Gasteiger partial charge in [-0.15, -0.1) is 24.0 Å². The average Bonchev–Trinajstić information content (AvgIpc) is 2.72. The molecule has 8 heteroatoms. The first-order chi connectivity index (χ1) is 14.3. The fraction of sp³-hybridized carbons (Fsp3) is 0.913. The lowest BCUT2D eigenvalue weighted by Gasteiger charge is -2.33. The fourth-order valence-corrected chi connectivity index (χ4v) is 3.54. The van der Waals surface area contributed by atoms with Crippen LogP contribution in [-0.4, -0.2) is 87.2 Å². The summed E-state index contributed by atoms with van der Waals surface area (Å²) in [7, 11) is 3.55. The average molecular weight is 554 g/mol. The standard InChI is InChI=1S/C23H47N5O2.HI/c1-7-9-10-20(8-2)17-24-23(25-18-22(29)27(5)6)26-21-11-13-28(14-12-21)15-16-30-19(3)4;/h19-21H,7-18H2,1-6H3,(H2,24,25,26);1H. The molecule has 184 valence electrons. The molecule has 1 aliphatic rings. The van der Waals surface area contributed by atoms with E-state index in [2.05, 4.69) is 48.2 Å². The molecule has 1 unspecified atom stereocenters. The van der Waals surface area contributed by atoms with Crippen molar-refractivity contribution >= 4 is 35.8 Å². The van der Waals surface area contributed by atoms with Gasteiger partial charge in [0.15, 0.2) is 5.96 Å². The zero-order chi connectivity index (χ0) is 22.4. The summed E-state index contributed by atoms with van der Waals surface area (Å²) in [6, 6.07) is 0.392. The van der Waals surface area contributed by atoms with E-state index in [-0.39, 0.29) is 36.4 Å². The summed E-state index contributed by atoms with van der Waals surface area (Å²) in [6.07, 6.45) is 7.34. The quantitative estimate of drug-likeness (QED) is 0.208. The highest BCUT2D eigenvalue weighted by molar-refractivity contribution is 14.0. The summed E-state index contributed by atoms with van der Waals surface area (Å²) in [5, 5.41) is 7.10. The number of unbranched alkanes of at least 4 members (excludes halogenated alkanes) is 1. The number of piperidine rings is 1. The Kier molecular flexibility index (Phi) is 17.5. The van der Waals surface area contributed by atoms with Gasteiger partial charge in [-0.1, -0.05) is 33.1 Å². The molecule has 0 spiro atoms. The number of guanidine groups is 1.